The summed E-state index contributed by atoms with van der Waals surface area (Å²) in [7, 11) is 1.59. The average molecular weight is 356 g/mol. The Morgan fingerprint density at radius 2 is 1.84 bits per heavy atom. The van der Waals surface area contributed by atoms with Crippen LogP contribution in [0.3, 0.4) is 0 Å². The minimum absolute atomic E-state index is 0.0389. The predicted octanol–water partition coefficient (Wildman–Crippen LogP) is 3.84. The normalized spacial score (nSPS) is 10.7. The van der Waals surface area contributed by atoms with E-state index < -0.39 is 0 Å². The summed E-state index contributed by atoms with van der Waals surface area (Å²) in [5.41, 5.74) is 3.06. The van der Waals surface area contributed by atoms with Crippen LogP contribution < -0.4 is 5.32 Å². The first kappa shape index (κ1) is 17.0. The van der Waals surface area contributed by atoms with Gasteiger partial charge in [0.25, 0.3) is 5.91 Å². The Hall–Kier alpha value is -2.79. The number of carbonyl (C=O) groups is 2. The van der Waals surface area contributed by atoms with Gasteiger partial charge in [-0.1, -0.05) is 29.3 Å². The van der Waals surface area contributed by atoms with Crippen molar-refractivity contribution in [3.8, 4) is 0 Å². The highest BCUT2D eigenvalue weighted by molar-refractivity contribution is 6.31. The van der Waals surface area contributed by atoms with E-state index in [1.54, 1.807) is 25.2 Å². The fourth-order valence-electron chi connectivity index (χ4n) is 2.55. The Balaban J connectivity index is 1.66. The van der Waals surface area contributed by atoms with Gasteiger partial charge in [0.15, 0.2) is 0 Å². The zero-order chi connectivity index (χ0) is 18.0. The van der Waals surface area contributed by atoms with E-state index in [1.807, 2.05) is 37.3 Å². The minimum Gasteiger partial charge on any atom is -0.351 e. The molecule has 0 radical (unpaired) electrons. The van der Waals surface area contributed by atoms with E-state index in [2.05, 4.69) is 10.3 Å². The highest BCUT2D eigenvalue weighted by atomic mass is 35.5. The fraction of sp³-hybridized carbons (Fsp3) is 0.158. The van der Waals surface area contributed by atoms with Gasteiger partial charge in [-0.3, -0.25) is 9.59 Å². The maximum atomic E-state index is 12.5. The number of likely N-dealkylation sites (N-methyl/N-ethyl adjacent to an activating group) is 1. The predicted molar refractivity (Wildman–Crippen MR) is 100 cm³/mol. The van der Waals surface area contributed by atoms with Crippen molar-refractivity contribution in [1.82, 2.24) is 9.88 Å². The lowest BCUT2D eigenvalue weighted by atomic mass is 10.2. The van der Waals surface area contributed by atoms with Crippen LogP contribution in [-0.2, 0) is 4.79 Å². The summed E-state index contributed by atoms with van der Waals surface area (Å²) in [5.74, 6) is -0.509. The molecule has 1 heterocycles. The highest BCUT2D eigenvalue weighted by Gasteiger charge is 2.17. The summed E-state index contributed by atoms with van der Waals surface area (Å²) in [6.45, 7) is 1.94. The number of nitrogens with zero attached hydrogens (tertiary/aromatic N) is 1. The Morgan fingerprint density at radius 3 is 2.56 bits per heavy atom. The zero-order valence-corrected chi connectivity index (χ0v) is 14.7. The topological polar surface area (TPSA) is 65.2 Å². The van der Waals surface area contributed by atoms with Crippen molar-refractivity contribution in [1.29, 1.82) is 0 Å². The van der Waals surface area contributed by atoms with Crippen LogP contribution in [0.15, 0.2) is 48.5 Å². The second-order valence-electron chi connectivity index (χ2n) is 5.99. The van der Waals surface area contributed by atoms with Crippen molar-refractivity contribution in [3.63, 3.8) is 0 Å². The lowest BCUT2D eigenvalue weighted by Gasteiger charge is -2.16. The first-order valence-corrected chi connectivity index (χ1v) is 8.20. The maximum absolute atomic E-state index is 12.5. The summed E-state index contributed by atoms with van der Waals surface area (Å²) in [6.07, 6.45) is 0. The molecule has 0 saturated heterocycles. The van der Waals surface area contributed by atoms with Crippen molar-refractivity contribution < 1.29 is 9.59 Å². The number of benzene rings is 2. The number of halogens is 1. The number of amides is 2. The second-order valence-corrected chi connectivity index (χ2v) is 6.43. The average Bonchev–Trinajstić information content (AvgIpc) is 2.99. The fourth-order valence-corrected chi connectivity index (χ4v) is 2.73. The van der Waals surface area contributed by atoms with Gasteiger partial charge in [0.05, 0.1) is 6.54 Å². The van der Waals surface area contributed by atoms with Crippen molar-refractivity contribution in [2.24, 2.45) is 0 Å². The van der Waals surface area contributed by atoms with E-state index in [9.17, 15) is 9.59 Å². The van der Waals surface area contributed by atoms with E-state index in [1.165, 1.54) is 4.90 Å². The standard InChI is InChI=1S/C19H18ClN3O2/c1-12-3-6-15(7-4-12)21-18(24)11-23(2)19(25)17-10-13-9-14(20)5-8-16(13)22-17/h3-10,22H,11H2,1-2H3,(H,21,24). The van der Waals surface area contributed by atoms with Crippen LogP contribution in [0.2, 0.25) is 5.02 Å². The van der Waals surface area contributed by atoms with Gasteiger partial charge in [0.1, 0.15) is 5.69 Å². The number of hydrogen-bond acceptors (Lipinski definition) is 2. The monoisotopic (exact) mass is 355 g/mol. The molecule has 2 N–H and O–H groups in total. The van der Waals surface area contributed by atoms with Crippen molar-refractivity contribution in [3.05, 3.63) is 64.8 Å². The number of carbonyl (C=O) groups excluding carboxylic acids is 2. The van der Waals surface area contributed by atoms with Crippen molar-refractivity contribution >= 4 is 40.0 Å². The number of nitrogens with one attached hydrogen (secondary N) is 2. The molecule has 0 spiro atoms. The van der Waals surface area contributed by atoms with Gasteiger partial charge in [-0.25, -0.2) is 0 Å². The molecule has 0 fully saturated rings. The molecule has 0 aliphatic heterocycles. The van der Waals surface area contributed by atoms with Crippen molar-refractivity contribution in [2.45, 2.75) is 6.92 Å². The largest absolute Gasteiger partial charge is 0.351 e. The number of rotatable bonds is 4. The van der Waals surface area contributed by atoms with Gasteiger partial charge in [0.2, 0.25) is 5.91 Å². The van der Waals surface area contributed by atoms with Gasteiger partial charge < -0.3 is 15.2 Å². The molecule has 128 valence electrons. The van der Waals surface area contributed by atoms with Gasteiger partial charge in [-0.15, -0.1) is 0 Å². The highest BCUT2D eigenvalue weighted by Crippen LogP contribution is 2.20. The molecule has 0 aliphatic rings. The SMILES string of the molecule is Cc1ccc(NC(=O)CN(C)C(=O)c2cc3cc(Cl)ccc3[nH]2)cc1. The number of hydrogen-bond donors (Lipinski definition) is 2. The van der Waals surface area contributed by atoms with Crippen LogP contribution >= 0.6 is 11.6 Å². The Kier molecular flexibility index (Phi) is 4.76. The third kappa shape index (κ3) is 4.00. The molecule has 0 atom stereocenters. The molecule has 25 heavy (non-hydrogen) atoms. The third-order valence-corrected chi connectivity index (χ3v) is 4.11. The number of aromatic nitrogens is 1. The lowest BCUT2D eigenvalue weighted by Crippen LogP contribution is -2.35. The molecule has 3 aromatic rings. The minimum atomic E-state index is -0.258. The summed E-state index contributed by atoms with van der Waals surface area (Å²) < 4.78 is 0. The van der Waals surface area contributed by atoms with Crippen LogP contribution in [0.1, 0.15) is 16.1 Å². The first-order valence-electron chi connectivity index (χ1n) is 7.82. The zero-order valence-electron chi connectivity index (χ0n) is 14.0. The second kappa shape index (κ2) is 6.99. The van der Waals surface area contributed by atoms with Gasteiger partial charge >= 0.3 is 0 Å². The van der Waals surface area contributed by atoms with E-state index in [-0.39, 0.29) is 18.4 Å². The summed E-state index contributed by atoms with van der Waals surface area (Å²) in [4.78, 5) is 29.1. The summed E-state index contributed by atoms with van der Waals surface area (Å²) in [6, 6.07) is 14.6. The summed E-state index contributed by atoms with van der Waals surface area (Å²) >= 11 is 5.96. The van der Waals surface area contributed by atoms with Crippen LogP contribution in [-0.4, -0.2) is 35.3 Å². The third-order valence-electron chi connectivity index (χ3n) is 3.88. The molecular weight excluding hydrogens is 338 g/mol. The molecule has 3 rings (SSSR count). The Labute approximate surface area is 150 Å². The van der Waals surface area contributed by atoms with Crippen LogP contribution in [0.5, 0.6) is 0 Å². The molecule has 2 amide bonds. The Morgan fingerprint density at radius 1 is 1.12 bits per heavy atom. The molecule has 5 nitrogen and oxygen atoms in total. The molecule has 0 aliphatic carbocycles. The van der Waals surface area contributed by atoms with Gasteiger partial charge in [-0.2, -0.15) is 0 Å². The molecule has 6 heteroatoms. The first-order chi connectivity index (χ1) is 11.9. The smallest absolute Gasteiger partial charge is 0.270 e. The molecule has 1 aromatic heterocycles. The number of anilines is 1. The van der Waals surface area contributed by atoms with E-state index in [4.69, 9.17) is 11.6 Å². The number of fused-ring (bicyclic) bond motifs is 1. The van der Waals surface area contributed by atoms with E-state index >= 15 is 0 Å². The van der Waals surface area contributed by atoms with Crippen LogP contribution in [0.25, 0.3) is 10.9 Å². The lowest BCUT2D eigenvalue weighted by molar-refractivity contribution is -0.116. The van der Waals surface area contributed by atoms with E-state index in [0.29, 0.717) is 16.4 Å². The number of H-pyrrole nitrogens is 1. The Bertz CT molecular complexity index is 931. The number of aryl methyl sites for hydroxylation is 1. The molecule has 0 bridgehead atoms. The van der Waals surface area contributed by atoms with Crippen LogP contribution in [0.4, 0.5) is 5.69 Å². The molecule has 0 saturated carbocycles. The molecule has 0 unspecified atom stereocenters. The summed E-state index contributed by atoms with van der Waals surface area (Å²) in [5, 5.41) is 4.24. The quantitative estimate of drug-likeness (QED) is 0.746. The van der Waals surface area contributed by atoms with Crippen molar-refractivity contribution in [2.75, 3.05) is 18.9 Å². The number of aromatic amines is 1. The van der Waals surface area contributed by atoms with Crippen LogP contribution in [0, 0.1) is 6.92 Å². The van der Waals surface area contributed by atoms with Gasteiger partial charge in [-0.05, 0) is 43.3 Å². The van der Waals surface area contributed by atoms with Gasteiger partial charge in [0, 0.05) is 28.7 Å². The molecule has 2 aromatic carbocycles. The van der Waals surface area contributed by atoms with E-state index in [0.717, 1.165) is 16.5 Å². The maximum Gasteiger partial charge on any atom is 0.270 e. The molecular formula is C19H18ClN3O2.